The van der Waals surface area contributed by atoms with Crippen molar-refractivity contribution in [2.24, 2.45) is 29.1 Å². The number of esters is 2. The van der Waals surface area contributed by atoms with Crippen molar-refractivity contribution in [3.8, 4) is 0 Å². The number of Topliss-reactive ketones (excluding diaryl/α,β-unsaturated/α-hetero) is 1. The van der Waals surface area contributed by atoms with Crippen LogP contribution in [0.5, 0.6) is 0 Å². The number of hydrogen-bond acceptors (Lipinski definition) is 9. The van der Waals surface area contributed by atoms with Gasteiger partial charge in [0.1, 0.15) is 5.78 Å². The number of nitrogens with one attached hydrogen (secondary N) is 2. The lowest BCUT2D eigenvalue weighted by molar-refractivity contribution is -0.181. The molecule has 1 fully saturated rings. The molecule has 12 heteroatoms. The Bertz CT molecular complexity index is 1410. The minimum Gasteiger partial charge on any atom is -0.481 e. The van der Waals surface area contributed by atoms with Crippen molar-refractivity contribution in [3.05, 3.63) is 59.7 Å². The number of amides is 1. The van der Waals surface area contributed by atoms with Gasteiger partial charge in [0, 0.05) is 34.7 Å². The van der Waals surface area contributed by atoms with Gasteiger partial charge in [-0.1, -0.05) is 20.8 Å². The van der Waals surface area contributed by atoms with Crippen molar-refractivity contribution < 1.29 is 48.5 Å². The molecule has 3 rings (SSSR count). The summed E-state index contributed by atoms with van der Waals surface area (Å²) in [5.74, 6) is -11.1. The highest BCUT2D eigenvalue weighted by Gasteiger charge is 2.64. The fourth-order valence-corrected chi connectivity index (χ4v) is 5.11. The van der Waals surface area contributed by atoms with Gasteiger partial charge in [0.25, 0.3) is 0 Å². The maximum absolute atomic E-state index is 13.0. The van der Waals surface area contributed by atoms with Crippen LogP contribution in [0, 0.1) is 29.1 Å². The van der Waals surface area contributed by atoms with Crippen LogP contribution in [-0.2, 0) is 28.7 Å². The zero-order chi connectivity index (χ0) is 33.7. The Hall–Kier alpha value is -4.74. The van der Waals surface area contributed by atoms with E-state index in [0.717, 1.165) is 5.69 Å². The number of carboxylic acids is 2. The zero-order valence-corrected chi connectivity index (χ0v) is 26.2. The van der Waals surface area contributed by atoms with Crippen molar-refractivity contribution in [1.82, 2.24) is 0 Å². The van der Waals surface area contributed by atoms with Crippen molar-refractivity contribution in [2.75, 3.05) is 23.8 Å². The molecular weight excluding hydrogens is 584 g/mol. The summed E-state index contributed by atoms with van der Waals surface area (Å²) in [7, 11) is 0. The van der Waals surface area contributed by atoms with Crippen molar-refractivity contribution in [3.63, 3.8) is 0 Å². The minimum absolute atomic E-state index is 0.0116. The molecule has 0 aliphatic heterocycles. The largest absolute Gasteiger partial charge is 0.481 e. The third kappa shape index (κ3) is 8.90. The fourth-order valence-electron chi connectivity index (χ4n) is 5.11. The molecule has 1 saturated carbocycles. The highest BCUT2D eigenvalue weighted by molar-refractivity contribution is 6.05. The van der Waals surface area contributed by atoms with Gasteiger partial charge in [0.05, 0.1) is 42.1 Å². The van der Waals surface area contributed by atoms with E-state index >= 15 is 0 Å². The summed E-state index contributed by atoms with van der Waals surface area (Å²) < 4.78 is 10.5. The lowest BCUT2D eigenvalue weighted by Crippen LogP contribution is -2.62. The van der Waals surface area contributed by atoms with E-state index in [4.69, 9.17) is 9.47 Å². The molecule has 0 spiro atoms. The number of carbonyl (C=O) groups excluding carboxylic acids is 4. The van der Waals surface area contributed by atoms with Crippen LogP contribution in [0.1, 0.15) is 68.7 Å². The number of anilines is 2. The van der Waals surface area contributed by atoms with Gasteiger partial charge in [-0.05, 0) is 69.3 Å². The van der Waals surface area contributed by atoms with Crippen LogP contribution in [0.2, 0.25) is 0 Å². The number of ketones is 1. The Kier molecular flexibility index (Phi) is 10.7. The molecule has 2 aromatic carbocycles. The first-order valence-electron chi connectivity index (χ1n) is 14.5. The Morgan fingerprint density at radius 1 is 0.644 bits per heavy atom. The number of rotatable bonds is 12. The van der Waals surface area contributed by atoms with E-state index in [1.807, 2.05) is 20.8 Å². The van der Waals surface area contributed by atoms with Crippen molar-refractivity contribution in [1.29, 1.82) is 0 Å². The van der Waals surface area contributed by atoms with E-state index in [-0.39, 0.29) is 36.4 Å². The number of hydrogen-bond donors (Lipinski definition) is 4. The predicted octanol–water partition coefficient (Wildman–Crippen LogP) is 4.50. The molecule has 0 saturated heterocycles. The number of benzene rings is 2. The Morgan fingerprint density at radius 2 is 1.07 bits per heavy atom. The van der Waals surface area contributed by atoms with Crippen LogP contribution in [0.25, 0.3) is 0 Å². The molecule has 0 bridgehead atoms. The summed E-state index contributed by atoms with van der Waals surface area (Å²) >= 11 is 0. The van der Waals surface area contributed by atoms with E-state index in [0.29, 0.717) is 5.56 Å². The molecule has 2 unspecified atom stereocenters. The molecule has 0 aromatic heterocycles. The average Bonchev–Trinajstić information content (AvgIpc) is 2.91. The van der Waals surface area contributed by atoms with Crippen LogP contribution in [0.15, 0.2) is 48.5 Å². The van der Waals surface area contributed by atoms with Gasteiger partial charge in [0.2, 0.25) is 5.91 Å². The molecule has 242 valence electrons. The second-order valence-electron chi connectivity index (χ2n) is 13.0. The molecule has 0 radical (unpaired) electrons. The summed E-state index contributed by atoms with van der Waals surface area (Å²) in [6.07, 6.45) is 0.269. The van der Waals surface area contributed by atoms with Gasteiger partial charge < -0.3 is 30.3 Å². The van der Waals surface area contributed by atoms with Crippen LogP contribution in [-0.4, -0.2) is 64.5 Å². The molecule has 1 aliphatic rings. The van der Waals surface area contributed by atoms with Crippen molar-refractivity contribution in [2.45, 2.75) is 53.5 Å². The average molecular weight is 625 g/mol. The highest BCUT2D eigenvalue weighted by atomic mass is 16.5. The van der Waals surface area contributed by atoms with Gasteiger partial charge in [-0.2, -0.15) is 0 Å². The molecular formula is C33H40N2O10. The SMILES string of the molecule is CC(C)(C)Nc1ccc(C(=O)OCCCOC(=O)c2ccc(NC(=O)C3C(C(=O)O)C(C(=O)C(C)(C)C)C3C(=O)O)cc2)cc1. The molecule has 1 amide bonds. The van der Waals surface area contributed by atoms with E-state index in [2.05, 4.69) is 10.6 Å². The number of carbonyl (C=O) groups is 6. The minimum atomic E-state index is -1.48. The maximum atomic E-state index is 13.0. The topological polar surface area (TPSA) is 185 Å². The number of aliphatic carboxylic acids is 2. The third-order valence-electron chi connectivity index (χ3n) is 7.25. The number of carboxylic acid groups (broad SMARTS) is 2. The van der Waals surface area contributed by atoms with Gasteiger partial charge in [-0.25, -0.2) is 9.59 Å². The Balaban J connectivity index is 1.49. The summed E-state index contributed by atoms with van der Waals surface area (Å²) in [5.41, 5.74) is 0.532. The molecule has 2 atom stereocenters. The Morgan fingerprint density at radius 3 is 1.44 bits per heavy atom. The predicted molar refractivity (Wildman–Crippen MR) is 164 cm³/mol. The molecule has 2 aromatic rings. The first kappa shape index (κ1) is 34.7. The van der Waals surface area contributed by atoms with Gasteiger partial charge >= 0.3 is 23.9 Å². The molecule has 12 nitrogen and oxygen atoms in total. The standard InChI is InChI=1S/C33H40N2O10/c1-32(2,3)26(36)22-24(28(38)39)23(25(22)29(40)41)27(37)34-20-12-8-18(9-13-20)30(42)44-16-7-17-45-31(43)19-10-14-21(15-11-19)35-33(4,5)6/h8-15,22-25,35H,7,16-17H2,1-6H3,(H,34,37)(H,38,39)(H,40,41). The lowest BCUT2D eigenvalue weighted by atomic mass is 9.52. The Labute approximate surface area is 261 Å². The lowest BCUT2D eigenvalue weighted by Gasteiger charge is -2.47. The fraction of sp³-hybridized carbons (Fsp3) is 0.455. The highest BCUT2D eigenvalue weighted by Crippen LogP contribution is 2.50. The monoisotopic (exact) mass is 624 g/mol. The molecule has 4 N–H and O–H groups in total. The van der Waals surface area contributed by atoms with E-state index < -0.39 is 64.7 Å². The smallest absolute Gasteiger partial charge is 0.338 e. The van der Waals surface area contributed by atoms with Gasteiger partial charge in [-0.15, -0.1) is 0 Å². The summed E-state index contributed by atoms with van der Waals surface area (Å²) in [6.45, 7) is 10.8. The molecule has 0 heterocycles. The second kappa shape index (κ2) is 13.9. The number of ether oxygens (including phenoxy) is 2. The first-order chi connectivity index (χ1) is 20.9. The normalized spacial score (nSPS) is 19.4. The summed E-state index contributed by atoms with van der Waals surface area (Å²) in [6, 6.07) is 12.4. The zero-order valence-electron chi connectivity index (χ0n) is 26.2. The van der Waals surface area contributed by atoms with Crippen LogP contribution in [0.3, 0.4) is 0 Å². The molecule has 1 aliphatic carbocycles. The van der Waals surface area contributed by atoms with E-state index in [9.17, 15) is 39.0 Å². The van der Waals surface area contributed by atoms with Gasteiger partial charge in [-0.3, -0.25) is 19.2 Å². The first-order valence-corrected chi connectivity index (χ1v) is 14.5. The molecule has 45 heavy (non-hydrogen) atoms. The quantitative estimate of drug-likeness (QED) is 0.192. The van der Waals surface area contributed by atoms with E-state index in [1.54, 1.807) is 45.0 Å². The second-order valence-corrected chi connectivity index (χ2v) is 13.0. The van der Waals surface area contributed by atoms with Crippen LogP contribution in [0.4, 0.5) is 11.4 Å². The third-order valence-corrected chi connectivity index (χ3v) is 7.25. The summed E-state index contributed by atoms with van der Waals surface area (Å²) in [4.78, 5) is 74.4. The van der Waals surface area contributed by atoms with Crippen molar-refractivity contribution >= 4 is 46.9 Å². The van der Waals surface area contributed by atoms with E-state index in [1.165, 1.54) is 24.3 Å². The summed E-state index contributed by atoms with van der Waals surface area (Å²) in [5, 5.41) is 25.2. The maximum Gasteiger partial charge on any atom is 0.338 e. The van der Waals surface area contributed by atoms with Gasteiger partial charge in [0.15, 0.2) is 0 Å². The van der Waals surface area contributed by atoms with Crippen LogP contribution >= 0.6 is 0 Å². The van der Waals surface area contributed by atoms with Crippen LogP contribution < -0.4 is 10.6 Å².